The summed E-state index contributed by atoms with van der Waals surface area (Å²) in [5, 5.41) is 39.3. The molecule has 0 unspecified atom stereocenters. The maximum Gasteiger partial charge on any atom is 0.326 e. The number of nitrogens with one attached hydrogen (secondary N) is 6. The molecular weight excluding hydrogens is 835 g/mol. The molecule has 2 rings (SSSR count). The summed E-state index contributed by atoms with van der Waals surface area (Å²) in [7, 11) is 2.92. The second-order valence-corrected chi connectivity index (χ2v) is 17.5. The molecule has 18 nitrogen and oxygen atoms in total. The van der Waals surface area contributed by atoms with Gasteiger partial charge in [-0.25, -0.2) is 4.79 Å². The first-order valence-corrected chi connectivity index (χ1v) is 23.2. The molecule has 0 heterocycles. The SMILES string of the molecule is CSCC[C@H](NC=O)C(=O)N[C@@H](CC(C)C)C(=O)N[C@@H](Cc1ccccc1)C(=O)N[C@@H](CCCCNC(=O)CCSSCCNC(=O)c1ccc(N=[N+]=[N-])cc1O)C(=O)O. The van der Waals surface area contributed by atoms with E-state index in [1.54, 1.807) is 30.3 Å². The van der Waals surface area contributed by atoms with E-state index in [4.69, 9.17) is 5.53 Å². The summed E-state index contributed by atoms with van der Waals surface area (Å²) in [5.74, 6) is -2.44. The molecule has 60 heavy (non-hydrogen) atoms. The standard InChI is InChI=1S/C39H55N9O9S3/c1-25(2)21-31(45-36(53)29(43-24-49)14-18-58-3)37(54)46-32(22-26-9-5-4-6-10-26)38(55)44-30(39(56)57)11-7-8-16-41-34(51)15-19-59-60-20-17-42-35(52)28-13-12-27(47-48-40)23-33(28)50/h4-6,9-10,12-13,23-25,29-32,50H,7-8,11,14-22H2,1-3H3,(H,41,51)(H,42,52)(H,43,49)(H,44,55)(H,45,53)(H,46,54)(H,56,57)/t29-,30-,31-,32-/m0/s1. The van der Waals surface area contributed by atoms with Crippen LogP contribution >= 0.6 is 33.3 Å². The number of hydrogen-bond acceptors (Lipinski definition) is 12. The van der Waals surface area contributed by atoms with Crippen molar-refractivity contribution in [1.82, 2.24) is 31.9 Å². The molecule has 4 atom stereocenters. The third-order valence-corrected chi connectivity index (χ3v) is 11.7. The molecule has 6 amide bonds. The maximum absolute atomic E-state index is 13.7. The third kappa shape index (κ3) is 20.2. The number of aromatic hydroxyl groups is 1. The van der Waals surface area contributed by atoms with Crippen LogP contribution in [-0.2, 0) is 35.2 Å². The quantitative estimate of drug-likeness (QED) is 0.0139. The number of azide groups is 1. The van der Waals surface area contributed by atoms with Gasteiger partial charge >= 0.3 is 5.97 Å². The minimum absolute atomic E-state index is 0.0221. The van der Waals surface area contributed by atoms with Crippen LogP contribution in [0.25, 0.3) is 10.4 Å². The van der Waals surface area contributed by atoms with E-state index in [2.05, 4.69) is 41.9 Å². The molecule has 0 fully saturated rings. The highest BCUT2D eigenvalue weighted by Gasteiger charge is 2.31. The van der Waals surface area contributed by atoms with E-state index in [0.29, 0.717) is 61.6 Å². The Hall–Kier alpha value is -5.11. The molecule has 8 N–H and O–H groups in total. The minimum Gasteiger partial charge on any atom is -0.507 e. The number of carbonyl (C=O) groups excluding carboxylic acids is 6. The molecule has 0 bridgehead atoms. The Labute approximate surface area is 361 Å². The number of phenols is 1. The molecule has 0 aromatic heterocycles. The maximum atomic E-state index is 13.7. The van der Waals surface area contributed by atoms with Crippen molar-refractivity contribution >= 4 is 81.0 Å². The van der Waals surface area contributed by atoms with Gasteiger partial charge in [0, 0.05) is 48.0 Å². The van der Waals surface area contributed by atoms with Gasteiger partial charge in [0.2, 0.25) is 30.0 Å². The van der Waals surface area contributed by atoms with Gasteiger partial charge in [0.15, 0.2) is 0 Å². The zero-order valence-electron chi connectivity index (χ0n) is 33.9. The molecule has 2 aromatic rings. The lowest BCUT2D eigenvalue weighted by molar-refractivity contribution is -0.142. The van der Waals surface area contributed by atoms with E-state index in [9.17, 15) is 43.8 Å². The molecule has 0 aliphatic carbocycles. The number of amides is 6. The van der Waals surface area contributed by atoms with Crippen LogP contribution in [0.3, 0.4) is 0 Å². The number of rotatable bonds is 30. The average molecular weight is 890 g/mol. The number of benzene rings is 2. The zero-order valence-corrected chi connectivity index (χ0v) is 36.3. The highest BCUT2D eigenvalue weighted by molar-refractivity contribution is 8.76. The molecule has 0 saturated heterocycles. The molecule has 21 heteroatoms. The van der Waals surface area contributed by atoms with Gasteiger partial charge in [-0.1, -0.05) is 76.9 Å². The van der Waals surface area contributed by atoms with Crippen LogP contribution in [0, 0.1) is 5.92 Å². The Morgan fingerprint density at radius 2 is 1.48 bits per heavy atom. The van der Waals surface area contributed by atoms with Crippen molar-refractivity contribution in [1.29, 1.82) is 0 Å². The van der Waals surface area contributed by atoms with E-state index >= 15 is 0 Å². The number of phenolic OH excluding ortho intramolecular Hbond substituents is 1. The van der Waals surface area contributed by atoms with E-state index in [-0.39, 0.29) is 54.5 Å². The lowest BCUT2D eigenvalue weighted by atomic mass is 10.00. The van der Waals surface area contributed by atoms with Crippen LogP contribution < -0.4 is 31.9 Å². The average Bonchev–Trinajstić information content (AvgIpc) is 3.21. The van der Waals surface area contributed by atoms with Crippen LogP contribution in [0.5, 0.6) is 5.75 Å². The van der Waals surface area contributed by atoms with Crippen LogP contribution in [-0.4, -0.2) is 113 Å². The van der Waals surface area contributed by atoms with Crippen molar-refractivity contribution < 1.29 is 43.8 Å². The van der Waals surface area contributed by atoms with Gasteiger partial charge in [-0.15, -0.1) is 0 Å². The van der Waals surface area contributed by atoms with Gasteiger partial charge in [0.05, 0.1) is 5.56 Å². The second-order valence-electron chi connectivity index (χ2n) is 13.8. The first-order valence-electron chi connectivity index (χ1n) is 19.3. The number of unbranched alkanes of at least 4 members (excludes halogenated alkanes) is 1. The van der Waals surface area contributed by atoms with Crippen LogP contribution in [0.4, 0.5) is 5.69 Å². The predicted octanol–water partition coefficient (Wildman–Crippen LogP) is 3.82. The Kier molecular flexibility index (Phi) is 24.8. The summed E-state index contributed by atoms with van der Waals surface area (Å²) < 4.78 is 0. The third-order valence-electron chi connectivity index (χ3n) is 8.66. The van der Waals surface area contributed by atoms with Gasteiger partial charge in [-0.2, -0.15) is 11.8 Å². The summed E-state index contributed by atoms with van der Waals surface area (Å²) in [6, 6.07) is 8.56. The molecule has 0 saturated carbocycles. The number of aliphatic carboxylic acids is 1. The van der Waals surface area contributed by atoms with Gasteiger partial charge in [-0.05, 0) is 73.3 Å². The molecule has 2 aromatic carbocycles. The van der Waals surface area contributed by atoms with Gasteiger partial charge in [0.1, 0.15) is 29.9 Å². The van der Waals surface area contributed by atoms with Crippen molar-refractivity contribution in [2.45, 2.75) is 83.0 Å². The number of thioether (sulfide) groups is 1. The van der Waals surface area contributed by atoms with E-state index in [1.807, 2.05) is 20.1 Å². The van der Waals surface area contributed by atoms with Crippen molar-refractivity contribution in [3.8, 4) is 5.75 Å². The fourth-order valence-electron chi connectivity index (χ4n) is 5.61. The van der Waals surface area contributed by atoms with E-state index in [1.165, 1.54) is 51.5 Å². The Morgan fingerprint density at radius 3 is 2.13 bits per heavy atom. The molecule has 0 aliphatic rings. The lowest BCUT2D eigenvalue weighted by Crippen LogP contribution is -2.58. The van der Waals surface area contributed by atoms with Gasteiger partial charge in [-0.3, -0.25) is 28.8 Å². The number of carboxylic acid groups (broad SMARTS) is 1. The van der Waals surface area contributed by atoms with Crippen LogP contribution in [0.1, 0.15) is 68.3 Å². The lowest BCUT2D eigenvalue weighted by Gasteiger charge is -2.26. The minimum atomic E-state index is -1.27. The van der Waals surface area contributed by atoms with Crippen molar-refractivity contribution in [2.24, 2.45) is 11.0 Å². The van der Waals surface area contributed by atoms with Crippen molar-refractivity contribution in [2.75, 3.05) is 36.6 Å². The molecule has 0 aliphatic heterocycles. The summed E-state index contributed by atoms with van der Waals surface area (Å²) in [6.45, 7) is 4.37. The Balaban J connectivity index is 1.84. The Morgan fingerprint density at radius 1 is 0.817 bits per heavy atom. The Bertz CT molecular complexity index is 1770. The van der Waals surface area contributed by atoms with Crippen molar-refractivity contribution in [3.63, 3.8) is 0 Å². The first kappa shape index (κ1) is 51.0. The van der Waals surface area contributed by atoms with Gasteiger partial charge < -0.3 is 42.1 Å². The topological polar surface area (TPSA) is 281 Å². The van der Waals surface area contributed by atoms with E-state index in [0.717, 1.165) is 0 Å². The molecule has 0 spiro atoms. The van der Waals surface area contributed by atoms with E-state index < -0.39 is 53.8 Å². The fourth-order valence-corrected chi connectivity index (χ4v) is 7.98. The monoisotopic (exact) mass is 889 g/mol. The number of carboxylic acids is 1. The molecular formula is C39H55N9O9S3. The number of carbonyl (C=O) groups is 7. The summed E-state index contributed by atoms with van der Waals surface area (Å²) in [5.41, 5.74) is 9.44. The largest absolute Gasteiger partial charge is 0.507 e. The van der Waals surface area contributed by atoms with Crippen LogP contribution in [0.15, 0.2) is 53.6 Å². The fraction of sp³-hybridized carbons (Fsp3) is 0.513. The van der Waals surface area contributed by atoms with Gasteiger partial charge in [0.25, 0.3) is 5.91 Å². The highest BCUT2D eigenvalue weighted by Crippen LogP contribution is 2.24. The molecule has 0 radical (unpaired) electrons. The molecule has 328 valence electrons. The second kappa shape index (κ2) is 29.2. The smallest absolute Gasteiger partial charge is 0.326 e. The summed E-state index contributed by atoms with van der Waals surface area (Å²) >= 11 is 1.50. The van der Waals surface area contributed by atoms with Crippen LogP contribution in [0.2, 0.25) is 0 Å². The highest BCUT2D eigenvalue weighted by atomic mass is 33.1. The summed E-state index contributed by atoms with van der Waals surface area (Å²) in [4.78, 5) is 91.1. The number of nitrogens with zero attached hydrogens (tertiary/aromatic N) is 3. The first-order chi connectivity index (χ1) is 28.8. The zero-order chi connectivity index (χ0) is 44.3. The normalized spacial score (nSPS) is 12.7. The number of hydrogen-bond donors (Lipinski definition) is 8. The summed E-state index contributed by atoms with van der Waals surface area (Å²) in [6.07, 6.45) is 4.09. The predicted molar refractivity (Wildman–Crippen MR) is 235 cm³/mol. The van der Waals surface area contributed by atoms with Crippen molar-refractivity contribution in [3.05, 3.63) is 70.1 Å².